The SMILES string of the molecule is [B]1OC(c2ccccc2)c2ccccc21. The smallest absolute Gasteiger partial charge is 0.331 e. The van der Waals surface area contributed by atoms with Crippen molar-refractivity contribution in [2.24, 2.45) is 0 Å². The first-order chi connectivity index (χ1) is 7.45. The van der Waals surface area contributed by atoms with E-state index in [2.05, 4.69) is 30.3 Å². The molecule has 1 heterocycles. The van der Waals surface area contributed by atoms with Crippen LogP contribution in [0.5, 0.6) is 0 Å². The second kappa shape index (κ2) is 3.56. The van der Waals surface area contributed by atoms with Gasteiger partial charge >= 0.3 is 7.48 Å². The van der Waals surface area contributed by atoms with Crippen molar-refractivity contribution < 1.29 is 4.65 Å². The lowest BCUT2D eigenvalue weighted by Crippen LogP contribution is -2.09. The summed E-state index contributed by atoms with van der Waals surface area (Å²) >= 11 is 0. The molecule has 1 nitrogen and oxygen atoms in total. The van der Waals surface area contributed by atoms with Gasteiger partial charge in [0.25, 0.3) is 0 Å². The average molecular weight is 193 g/mol. The summed E-state index contributed by atoms with van der Waals surface area (Å²) in [7, 11) is 1.84. The molecule has 71 valence electrons. The van der Waals surface area contributed by atoms with Crippen LogP contribution in [0.15, 0.2) is 54.6 Å². The zero-order valence-corrected chi connectivity index (χ0v) is 8.26. The molecule has 0 fully saturated rings. The molecule has 1 radical (unpaired) electrons. The lowest BCUT2D eigenvalue weighted by molar-refractivity contribution is 0.280. The normalized spacial score (nSPS) is 18.3. The van der Waals surface area contributed by atoms with E-state index < -0.39 is 0 Å². The van der Waals surface area contributed by atoms with Crippen LogP contribution in [0, 0.1) is 0 Å². The van der Waals surface area contributed by atoms with Gasteiger partial charge in [-0.2, -0.15) is 0 Å². The first kappa shape index (κ1) is 8.75. The maximum absolute atomic E-state index is 5.68. The summed E-state index contributed by atoms with van der Waals surface area (Å²) in [6.07, 6.45) is 0.0717. The molecule has 0 spiro atoms. The number of rotatable bonds is 1. The van der Waals surface area contributed by atoms with Crippen LogP contribution in [-0.4, -0.2) is 7.48 Å². The number of fused-ring (bicyclic) bond motifs is 1. The lowest BCUT2D eigenvalue weighted by atomic mass is 9.86. The quantitative estimate of drug-likeness (QED) is 0.629. The van der Waals surface area contributed by atoms with Gasteiger partial charge in [-0.1, -0.05) is 54.6 Å². The highest BCUT2D eigenvalue weighted by Gasteiger charge is 2.24. The van der Waals surface area contributed by atoms with Crippen LogP contribution >= 0.6 is 0 Å². The first-order valence-corrected chi connectivity index (χ1v) is 5.08. The fourth-order valence-corrected chi connectivity index (χ4v) is 1.96. The summed E-state index contributed by atoms with van der Waals surface area (Å²) < 4.78 is 5.68. The largest absolute Gasteiger partial charge is 0.424 e. The Labute approximate surface area is 90.0 Å². The van der Waals surface area contributed by atoms with Crippen molar-refractivity contribution in [1.82, 2.24) is 0 Å². The van der Waals surface area contributed by atoms with E-state index in [1.165, 1.54) is 16.6 Å². The Balaban J connectivity index is 2.05. The minimum Gasteiger partial charge on any atom is -0.424 e. The topological polar surface area (TPSA) is 9.23 Å². The molecule has 1 unspecified atom stereocenters. The Hall–Kier alpha value is -1.54. The van der Waals surface area contributed by atoms with E-state index in [-0.39, 0.29) is 6.10 Å². The van der Waals surface area contributed by atoms with Crippen molar-refractivity contribution in [1.29, 1.82) is 0 Å². The van der Waals surface area contributed by atoms with Crippen molar-refractivity contribution in [2.75, 3.05) is 0 Å². The maximum Gasteiger partial charge on any atom is 0.331 e. The van der Waals surface area contributed by atoms with E-state index in [9.17, 15) is 0 Å². The molecule has 1 aliphatic rings. The zero-order chi connectivity index (χ0) is 10.1. The van der Waals surface area contributed by atoms with Gasteiger partial charge in [-0.3, -0.25) is 0 Å². The second-order valence-electron chi connectivity index (χ2n) is 3.67. The Bertz CT molecular complexity index is 467. The molecule has 15 heavy (non-hydrogen) atoms. The maximum atomic E-state index is 5.68. The predicted octanol–water partition coefficient (Wildman–Crippen LogP) is 2.05. The van der Waals surface area contributed by atoms with Crippen LogP contribution in [0.1, 0.15) is 17.2 Å². The van der Waals surface area contributed by atoms with E-state index in [1.54, 1.807) is 0 Å². The molecule has 2 aromatic carbocycles. The highest BCUT2D eigenvalue weighted by atomic mass is 16.4. The third-order valence-corrected chi connectivity index (χ3v) is 2.71. The minimum atomic E-state index is 0.0717. The van der Waals surface area contributed by atoms with E-state index >= 15 is 0 Å². The molecule has 0 saturated heterocycles. The molecule has 0 N–H and O–H groups in total. The molecular formula is C13H10BO. The van der Waals surface area contributed by atoms with Gasteiger partial charge in [-0.25, -0.2) is 0 Å². The summed E-state index contributed by atoms with van der Waals surface area (Å²) in [5.41, 5.74) is 3.65. The summed E-state index contributed by atoms with van der Waals surface area (Å²) in [6, 6.07) is 18.6. The predicted molar refractivity (Wildman–Crippen MR) is 61.2 cm³/mol. The van der Waals surface area contributed by atoms with Gasteiger partial charge in [-0.15, -0.1) is 0 Å². The second-order valence-corrected chi connectivity index (χ2v) is 3.67. The molecule has 1 aliphatic heterocycles. The van der Waals surface area contributed by atoms with Crippen molar-refractivity contribution >= 4 is 12.9 Å². The zero-order valence-electron chi connectivity index (χ0n) is 8.26. The van der Waals surface area contributed by atoms with Crippen LogP contribution in [0.25, 0.3) is 0 Å². The highest BCUT2D eigenvalue weighted by Crippen LogP contribution is 2.27. The molecule has 2 aromatic rings. The summed E-state index contributed by atoms with van der Waals surface area (Å²) in [5, 5.41) is 0. The molecule has 0 amide bonds. The third-order valence-electron chi connectivity index (χ3n) is 2.71. The minimum absolute atomic E-state index is 0.0717. The van der Waals surface area contributed by atoms with Crippen molar-refractivity contribution in [3.05, 3.63) is 65.7 Å². The van der Waals surface area contributed by atoms with Crippen LogP contribution in [0.3, 0.4) is 0 Å². The Morgan fingerprint density at radius 3 is 2.47 bits per heavy atom. The van der Waals surface area contributed by atoms with Crippen LogP contribution in [0.2, 0.25) is 0 Å². The highest BCUT2D eigenvalue weighted by molar-refractivity contribution is 6.49. The fraction of sp³-hybridized carbons (Fsp3) is 0.0769. The molecule has 1 atom stereocenters. The van der Waals surface area contributed by atoms with Crippen LogP contribution < -0.4 is 5.46 Å². The van der Waals surface area contributed by atoms with Gasteiger partial charge in [0.2, 0.25) is 0 Å². The third kappa shape index (κ3) is 1.47. The monoisotopic (exact) mass is 193 g/mol. The Morgan fingerprint density at radius 2 is 1.60 bits per heavy atom. The van der Waals surface area contributed by atoms with Gasteiger partial charge < -0.3 is 4.65 Å². The van der Waals surface area contributed by atoms with Gasteiger partial charge in [0, 0.05) is 0 Å². The standard InChI is InChI=1S/C13H10BO/c1-2-6-10(7-3-1)13-11-8-4-5-9-12(11)14-15-13/h1-9,13H. The van der Waals surface area contributed by atoms with E-state index in [1.807, 2.05) is 31.7 Å². The molecule has 0 aliphatic carbocycles. The van der Waals surface area contributed by atoms with E-state index in [0.29, 0.717) is 0 Å². The summed E-state index contributed by atoms with van der Waals surface area (Å²) in [4.78, 5) is 0. The fourth-order valence-electron chi connectivity index (χ4n) is 1.96. The molecule has 2 heteroatoms. The van der Waals surface area contributed by atoms with Crippen molar-refractivity contribution in [3.63, 3.8) is 0 Å². The van der Waals surface area contributed by atoms with E-state index in [4.69, 9.17) is 4.65 Å². The van der Waals surface area contributed by atoms with E-state index in [0.717, 1.165) is 0 Å². The van der Waals surface area contributed by atoms with Gasteiger partial charge in [0.1, 0.15) is 0 Å². The summed E-state index contributed by atoms with van der Waals surface area (Å²) in [6.45, 7) is 0. The Kier molecular flexibility index (Phi) is 2.07. The molecular weight excluding hydrogens is 183 g/mol. The van der Waals surface area contributed by atoms with Gasteiger partial charge in [0.05, 0.1) is 6.10 Å². The van der Waals surface area contributed by atoms with Crippen molar-refractivity contribution in [2.45, 2.75) is 6.10 Å². The first-order valence-electron chi connectivity index (χ1n) is 5.08. The summed E-state index contributed by atoms with van der Waals surface area (Å²) in [5.74, 6) is 0. The van der Waals surface area contributed by atoms with Crippen LogP contribution in [0.4, 0.5) is 0 Å². The van der Waals surface area contributed by atoms with Gasteiger partial charge in [-0.05, 0) is 16.6 Å². The number of hydrogen-bond acceptors (Lipinski definition) is 1. The van der Waals surface area contributed by atoms with Crippen LogP contribution in [-0.2, 0) is 4.65 Å². The molecule has 0 aromatic heterocycles. The Morgan fingerprint density at radius 1 is 0.867 bits per heavy atom. The van der Waals surface area contributed by atoms with Gasteiger partial charge in [0.15, 0.2) is 0 Å². The number of benzene rings is 2. The molecule has 0 bridgehead atoms. The molecule has 3 rings (SSSR count). The molecule has 0 saturated carbocycles. The lowest BCUT2D eigenvalue weighted by Gasteiger charge is -2.12. The van der Waals surface area contributed by atoms with Crippen molar-refractivity contribution in [3.8, 4) is 0 Å². The average Bonchev–Trinajstić information content (AvgIpc) is 2.74. The number of hydrogen-bond donors (Lipinski definition) is 0.